The zero-order valence-electron chi connectivity index (χ0n) is 9.08. The van der Waals surface area contributed by atoms with E-state index in [0.717, 1.165) is 22.8 Å². The van der Waals surface area contributed by atoms with E-state index in [1.807, 2.05) is 0 Å². The van der Waals surface area contributed by atoms with Crippen LogP contribution in [0.3, 0.4) is 0 Å². The molecule has 0 aromatic carbocycles. The molecule has 0 spiro atoms. The van der Waals surface area contributed by atoms with E-state index >= 15 is 0 Å². The second kappa shape index (κ2) is 4.67. The Kier molecular flexibility index (Phi) is 3.41. The predicted molar refractivity (Wildman–Crippen MR) is 58.2 cm³/mol. The Labute approximate surface area is 99.0 Å². The van der Waals surface area contributed by atoms with Crippen LogP contribution >= 0.6 is 0 Å². The van der Waals surface area contributed by atoms with Crippen molar-refractivity contribution in [3.63, 3.8) is 0 Å². The Morgan fingerprint density at radius 2 is 2.24 bits per heavy atom. The SMILES string of the molecule is O=S(=O)(c1cncc(F)c1)N1CCC[C@H](O)C1. The molecule has 0 saturated carbocycles. The molecule has 1 aliphatic heterocycles. The minimum absolute atomic E-state index is 0.0544. The Balaban J connectivity index is 2.29. The van der Waals surface area contributed by atoms with Gasteiger partial charge in [0.1, 0.15) is 10.7 Å². The van der Waals surface area contributed by atoms with Crippen LogP contribution in [-0.4, -0.2) is 42.0 Å². The van der Waals surface area contributed by atoms with Crippen molar-refractivity contribution in [3.05, 3.63) is 24.3 Å². The summed E-state index contributed by atoms with van der Waals surface area (Å²) in [6, 6.07) is 0.934. The van der Waals surface area contributed by atoms with Crippen molar-refractivity contribution in [3.8, 4) is 0 Å². The average Bonchev–Trinajstić information content (AvgIpc) is 2.29. The van der Waals surface area contributed by atoms with Gasteiger partial charge in [0, 0.05) is 19.3 Å². The molecule has 2 rings (SSSR count). The first kappa shape index (κ1) is 12.4. The molecule has 1 aromatic rings. The van der Waals surface area contributed by atoms with Crippen LogP contribution in [0.4, 0.5) is 4.39 Å². The van der Waals surface area contributed by atoms with E-state index in [0.29, 0.717) is 19.4 Å². The number of nitrogens with zero attached hydrogens (tertiary/aromatic N) is 2. The summed E-state index contributed by atoms with van der Waals surface area (Å²) in [5.41, 5.74) is 0. The number of aliphatic hydroxyl groups is 1. The maximum Gasteiger partial charge on any atom is 0.244 e. The Morgan fingerprint density at radius 3 is 2.88 bits per heavy atom. The van der Waals surface area contributed by atoms with Crippen LogP contribution in [0.25, 0.3) is 0 Å². The third-order valence-corrected chi connectivity index (χ3v) is 4.51. The molecule has 0 unspecified atom stereocenters. The van der Waals surface area contributed by atoms with Gasteiger partial charge in [0.25, 0.3) is 0 Å². The van der Waals surface area contributed by atoms with Crippen LogP contribution in [-0.2, 0) is 10.0 Å². The average molecular weight is 260 g/mol. The van der Waals surface area contributed by atoms with Crippen LogP contribution in [0.15, 0.2) is 23.4 Å². The first-order valence-electron chi connectivity index (χ1n) is 5.29. The minimum Gasteiger partial charge on any atom is -0.392 e. The molecule has 0 bridgehead atoms. The Hall–Kier alpha value is -1.05. The van der Waals surface area contributed by atoms with E-state index in [4.69, 9.17) is 0 Å². The lowest BCUT2D eigenvalue weighted by Gasteiger charge is -2.29. The highest BCUT2D eigenvalue weighted by Gasteiger charge is 2.29. The van der Waals surface area contributed by atoms with Crippen molar-refractivity contribution in [2.75, 3.05) is 13.1 Å². The van der Waals surface area contributed by atoms with Crippen molar-refractivity contribution in [2.24, 2.45) is 0 Å². The van der Waals surface area contributed by atoms with Crippen LogP contribution < -0.4 is 0 Å². The standard InChI is InChI=1S/C10H13FN2O3S/c11-8-4-10(6-12-5-8)17(15,16)13-3-1-2-9(14)7-13/h4-6,9,14H,1-3,7H2/t9-/m0/s1. The predicted octanol–water partition coefficient (Wildman–Crippen LogP) is 0.366. The summed E-state index contributed by atoms with van der Waals surface area (Å²) in [5, 5.41) is 9.45. The first-order chi connectivity index (χ1) is 8.00. The number of pyridine rings is 1. The summed E-state index contributed by atoms with van der Waals surface area (Å²) in [7, 11) is -3.75. The van der Waals surface area contributed by atoms with E-state index in [1.165, 1.54) is 0 Å². The fraction of sp³-hybridized carbons (Fsp3) is 0.500. The lowest BCUT2D eigenvalue weighted by Crippen LogP contribution is -2.42. The van der Waals surface area contributed by atoms with Gasteiger partial charge in [-0.15, -0.1) is 0 Å². The highest BCUT2D eigenvalue weighted by molar-refractivity contribution is 7.89. The van der Waals surface area contributed by atoms with Gasteiger partial charge >= 0.3 is 0 Å². The number of piperidine rings is 1. The molecule has 94 valence electrons. The number of β-amino-alcohol motifs (C(OH)–C–C–N with tert-alkyl or cyclic N) is 1. The maximum atomic E-state index is 12.9. The summed E-state index contributed by atoms with van der Waals surface area (Å²) in [6.07, 6.45) is 2.60. The number of aliphatic hydroxyl groups excluding tert-OH is 1. The van der Waals surface area contributed by atoms with E-state index in [2.05, 4.69) is 4.98 Å². The van der Waals surface area contributed by atoms with Crippen LogP contribution in [0.1, 0.15) is 12.8 Å². The van der Waals surface area contributed by atoms with E-state index in [9.17, 15) is 17.9 Å². The summed E-state index contributed by atoms with van der Waals surface area (Å²) in [6.45, 7) is 0.398. The molecule has 0 amide bonds. The monoisotopic (exact) mass is 260 g/mol. The van der Waals surface area contributed by atoms with Crippen molar-refractivity contribution < 1.29 is 17.9 Å². The van der Waals surface area contributed by atoms with Crippen LogP contribution in [0.2, 0.25) is 0 Å². The summed E-state index contributed by atoms with van der Waals surface area (Å²) in [5.74, 6) is -0.691. The normalized spacial score (nSPS) is 22.6. The lowest BCUT2D eigenvalue weighted by molar-refractivity contribution is 0.108. The molecule has 1 N–H and O–H groups in total. The van der Waals surface area contributed by atoms with E-state index < -0.39 is 21.9 Å². The van der Waals surface area contributed by atoms with Crippen LogP contribution in [0, 0.1) is 5.82 Å². The van der Waals surface area contributed by atoms with E-state index in [-0.39, 0.29) is 11.4 Å². The molecule has 1 atom stereocenters. The molecule has 1 fully saturated rings. The van der Waals surface area contributed by atoms with Gasteiger partial charge in [0.05, 0.1) is 12.3 Å². The molecule has 17 heavy (non-hydrogen) atoms. The quantitative estimate of drug-likeness (QED) is 0.834. The zero-order valence-corrected chi connectivity index (χ0v) is 9.90. The Morgan fingerprint density at radius 1 is 1.47 bits per heavy atom. The number of aromatic nitrogens is 1. The topological polar surface area (TPSA) is 70.5 Å². The second-order valence-corrected chi connectivity index (χ2v) is 5.94. The fourth-order valence-corrected chi connectivity index (χ4v) is 3.31. The smallest absolute Gasteiger partial charge is 0.244 e. The molecule has 1 saturated heterocycles. The van der Waals surface area contributed by atoms with Gasteiger partial charge < -0.3 is 5.11 Å². The molecule has 2 heterocycles. The fourth-order valence-electron chi connectivity index (χ4n) is 1.82. The molecule has 5 nitrogen and oxygen atoms in total. The number of hydrogen-bond acceptors (Lipinski definition) is 4. The largest absolute Gasteiger partial charge is 0.392 e. The van der Waals surface area contributed by atoms with Crippen molar-refractivity contribution in [1.29, 1.82) is 0 Å². The lowest BCUT2D eigenvalue weighted by atomic mass is 10.1. The molecule has 1 aromatic heterocycles. The van der Waals surface area contributed by atoms with Gasteiger partial charge in [-0.3, -0.25) is 4.98 Å². The third kappa shape index (κ3) is 2.62. The highest BCUT2D eigenvalue weighted by atomic mass is 32.2. The summed E-state index contributed by atoms with van der Waals surface area (Å²) >= 11 is 0. The number of halogens is 1. The second-order valence-electron chi connectivity index (χ2n) is 4.00. The molecular formula is C10H13FN2O3S. The molecule has 7 heteroatoms. The summed E-state index contributed by atoms with van der Waals surface area (Å²) in [4.78, 5) is 3.35. The van der Waals surface area contributed by atoms with Gasteiger partial charge in [-0.1, -0.05) is 0 Å². The highest BCUT2D eigenvalue weighted by Crippen LogP contribution is 2.20. The molecule has 1 aliphatic rings. The first-order valence-corrected chi connectivity index (χ1v) is 6.73. The van der Waals surface area contributed by atoms with Crippen molar-refractivity contribution in [2.45, 2.75) is 23.8 Å². The Bertz CT molecular complexity index is 506. The molecule has 0 aliphatic carbocycles. The number of hydrogen-bond donors (Lipinski definition) is 1. The van der Waals surface area contributed by atoms with Crippen molar-refractivity contribution in [1.82, 2.24) is 9.29 Å². The zero-order chi connectivity index (χ0) is 12.5. The van der Waals surface area contributed by atoms with Gasteiger partial charge in [-0.25, -0.2) is 12.8 Å². The summed E-state index contributed by atoms with van der Waals surface area (Å²) < 4.78 is 38.3. The van der Waals surface area contributed by atoms with Gasteiger partial charge in [0.2, 0.25) is 10.0 Å². The van der Waals surface area contributed by atoms with Crippen molar-refractivity contribution >= 4 is 10.0 Å². The molecular weight excluding hydrogens is 247 g/mol. The molecule has 0 radical (unpaired) electrons. The number of rotatable bonds is 2. The minimum atomic E-state index is -3.75. The van der Waals surface area contributed by atoms with Gasteiger partial charge in [-0.2, -0.15) is 4.31 Å². The van der Waals surface area contributed by atoms with Gasteiger partial charge in [-0.05, 0) is 18.9 Å². The number of sulfonamides is 1. The third-order valence-electron chi connectivity index (χ3n) is 2.68. The van der Waals surface area contributed by atoms with Crippen LogP contribution in [0.5, 0.6) is 0 Å². The van der Waals surface area contributed by atoms with E-state index in [1.54, 1.807) is 0 Å². The van der Waals surface area contributed by atoms with Gasteiger partial charge in [0.15, 0.2) is 0 Å². The maximum absolute atomic E-state index is 12.9.